The van der Waals surface area contributed by atoms with Crippen molar-refractivity contribution in [1.82, 2.24) is 9.63 Å². The minimum atomic E-state index is -0.822. The summed E-state index contributed by atoms with van der Waals surface area (Å²) in [6.45, 7) is 11.2. The molecular formula is C39H60N2O9. The highest BCUT2D eigenvalue weighted by molar-refractivity contribution is 5.91. The molecule has 280 valence electrons. The van der Waals surface area contributed by atoms with Crippen LogP contribution in [-0.4, -0.2) is 61.4 Å². The summed E-state index contributed by atoms with van der Waals surface area (Å²) in [6, 6.07) is 9.01. The summed E-state index contributed by atoms with van der Waals surface area (Å²) in [6.07, 6.45) is 13.7. The summed E-state index contributed by atoms with van der Waals surface area (Å²) < 4.78 is 11.4. The lowest BCUT2D eigenvalue weighted by Gasteiger charge is -2.25. The van der Waals surface area contributed by atoms with Crippen molar-refractivity contribution < 1.29 is 43.7 Å². The summed E-state index contributed by atoms with van der Waals surface area (Å²) in [7, 11) is 0. The van der Waals surface area contributed by atoms with Gasteiger partial charge in [-0.15, -0.1) is 4.73 Å². The van der Waals surface area contributed by atoms with Gasteiger partial charge in [0.05, 0.1) is 12.0 Å². The lowest BCUT2D eigenvalue weighted by Crippen LogP contribution is -2.34. The zero-order valence-corrected chi connectivity index (χ0v) is 31.1. The Labute approximate surface area is 298 Å². The average Bonchev–Trinajstić information content (AvgIpc) is 3.33. The number of nitrogens with zero attached hydrogens (tertiary/aromatic N) is 2. The van der Waals surface area contributed by atoms with E-state index >= 15 is 0 Å². The van der Waals surface area contributed by atoms with Crippen molar-refractivity contribution >= 4 is 23.8 Å². The first-order chi connectivity index (χ1) is 23.6. The highest BCUT2D eigenvalue weighted by Crippen LogP contribution is 2.21. The zero-order valence-electron chi connectivity index (χ0n) is 31.1. The fourth-order valence-electron chi connectivity index (χ4n) is 5.47. The number of unbranched alkanes of at least 4 members (excludes halogenated alkanes) is 11. The Balaban J connectivity index is 1.77. The molecule has 0 radical (unpaired) electrons. The molecule has 1 aromatic heterocycles. The maximum atomic E-state index is 13.4. The predicted octanol–water partition coefficient (Wildman–Crippen LogP) is 8.03. The molecule has 0 spiro atoms. The maximum Gasteiger partial charge on any atom is 0.364 e. The van der Waals surface area contributed by atoms with Crippen LogP contribution in [0.4, 0.5) is 0 Å². The van der Waals surface area contributed by atoms with Gasteiger partial charge in [-0.1, -0.05) is 82.4 Å². The monoisotopic (exact) mass is 700 g/mol. The van der Waals surface area contributed by atoms with Gasteiger partial charge in [-0.3, -0.25) is 14.4 Å². The molecule has 0 aliphatic rings. The molecule has 0 unspecified atom stereocenters. The third-order valence-corrected chi connectivity index (χ3v) is 7.87. The molecule has 2 N–H and O–H groups in total. The summed E-state index contributed by atoms with van der Waals surface area (Å²) in [5, 5.41) is 19.8. The summed E-state index contributed by atoms with van der Waals surface area (Å²) >= 11 is 0. The van der Waals surface area contributed by atoms with Gasteiger partial charge in [-0.05, 0) is 66.0 Å². The molecule has 0 aliphatic carbocycles. The van der Waals surface area contributed by atoms with Crippen molar-refractivity contribution in [3.8, 4) is 11.8 Å². The fraction of sp³-hybridized carbons (Fsp3) is 0.641. The van der Waals surface area contributed by atoms with Crippen LogP contribution in [-0.2, 0) is 30.4 Å². The number of carbonyl (C=O) groups is 4. The first kappa shape index (κ1) is 42.1. The van der Waals surface area contributed by atoms with Crippen molar-refractivity contribution in [3.63, 3.8) is 0 Å². The molecule has 0 bridgehead atoms. The quantitative estimate of drug-likeness (QED) is 0.0921. The molecule has 2 rings (SSSR count). The van der Waals surface area contributed by atoms with Crippen molar-refractivity contribution in [2.24, 2.45) is 0 Å². The van der Waals surface area contributed by atoms with E-state index in [-0.39, 0.29) is 37.0 Å². The molecule has 50 heavy (non-hydrogen) atoms. The maximum absolute atomic E-state index is 13.4. The van der Waals surface area contributed by atoms with Crippen molar-refractivity contribution in [3.05, 3.63) is 47.5 Å². The Bertz CT molecular complexity index is 1330. The molecule has 0 atom stereocenters. The number of hydrogen-bond donors (Lipinski definition) is 2. The van der Waals surface area contributed by atoms with Crippen LogP contribution in [0.2, 0.25) is 0 Å². The van der Waals surface area contributed by atoms with Crippen LogP contribution in [0.25, 0.3) is 0 Å². The van der Waals surface area contributed by atoms with Crippen LogP contribution in [0.3, 0.4) is 0 Å². The van der Waals surface area contributed by atoms with Gasteiger partial charge < -0.3 is 29.4 Å². The molecule has 0 saturated carbocycles. The number of esters is 2. The topological polar surface area (TPSA) is 145 Å². The van der Waals surface area contributed by atoms with Crippen LogP contribution < -0.4 is 4.84 Å². The number of rotatable bonds is 22. The van der Waals surface area contributed by atoms with E-state index in [1.54, 1.807) is 49.9 Å². The van der Waals surface area contributed by atoms with E-state index in [4.69, 9.17) is 14.3 Å². The summed E-state index contributed by atoms with van der Waals surface area (Å²) in [5.74, 6) is -2.36. The van der Waals surface area contributed by atoms with Gasteiger partial charge in [0.2, 0.25) is 17.7 Å². The summed E-state index contributed by atoms with van der Waals surface area (Å²) in [5.41, 5.74) is -0.406. The number of hydrogen-bond acceptors (Lipinski definition) is 9. The SMILES string of the molecule is CC(C)(C)OC(=O)CCCCCCCCCCCCCCC(=O)N(CCC(=O)OC(C)(C)C)Cc1ccccc1C(=O)On1c(O)ccc1O. The molecule has 1 aromatic carbocycles. The minimum absolute atomic E-state index is 0.00676. The smallest absolute Gasteiger partial charge is 0.364 e. The Morgan fingerprint density at radius 3 is 1.56 bits per heavy atom. The number of aromatic nitrogens is 1. The van der Waals surface area contributed by atoms with E-state index in [9.17, 15) is 29.4 Å². The molecule has 11 nitrogen and oxygen atoms in total. The Morgan fingerprint density at radius 2 is 1.06 bits per heavy atom. The lowest BCUT2D eigenvalue weighted by atomic mass is 10.0. The second kappa shape index (κ2) is 21.3. The number of carbonyl (C=O) groups excluding carboxylic acids is 4. The van der Waals surface area contributed by atoms with Gasteiger partial charge in [-0.25, -0.2) is 4.79 Å². The Hall–Kier alpha value is -4.02. The third-order valence-electron chi connectivity index (χ3n) is 7.87. The standard InChI is InChI=1S/C39H60N2O9/c1-38(2,3)48-35(45)24-18-16-14-12-10-8-7-9-11-13-15-17-23-32(42)40(28-27-36(46)49-39(4,5)6)29-30-21-19-20-22-31(30)37(47)50-41-33(43)25-26-34(41)44/h19-22,25-26,43-44H,7-18,23-24,27-29H2,1-6H3. The van der Waals surface area contributed by atoms with E-state index in [0.717, 1.165) is 44.9 Å². The second-order valence-corrected chi connectivity index (χ2v) is 14.9. The minimum Gasteiger partial charge on any atom is -0.492 e. The Kier molecular flexibility index (Phi) is 17.9. The van der Waals surface area contributed by atoms with Crippen LogP contribution in [0.5, 0.6) is 11.8 Å². The molecule has 0 saturated heterocycles. The molecule has 0 aliphatic heterocycles. The van der Waals surface area contributed by atoms with Crippen LogP contribution in [0, 0.1) is 0 Å². The number of aromatic hydroxyl groups is 2. The van der Waals surface area contributed by atoms with Gasteiger partial charge in [0.15, 0.2) is 0 Å². The second-order valence-electron chi connectivity index (χ2n) is 14.9. The number of benzene rings is 1. The van der Waals surface area contributed by atoms with E-state index in [0.29, 0.717) is 23.1 Å². The molecule has 11 heteroatoms. The van der Waals surface area contributed by atoms with E-state index in [1.165, 1.54) is 44.2 Å². The molecule has 1 amide bonds. The van der Waals surface area contributed by atoms with Gasteiger partial charge >= 0.3 is 17.9 Å². The first-order valence-electron chi connectivity index (χ1n) is 18.2. The molecule has 2 aromatic rings. The fourth-order valence-corrected chi connectivity index (χ4v) is 5.47. The van der Waals surface area contributed by atoms with Crippen LogP contribution in [0.15, 0.2) is 36.4 Å². The zero-order chi connectivity index (χ0) is 37.2. The van der Waals surface area contributed by atoms with E-state index in [2.05, 4.69) is 0 Å². The van der Waals surface area contributed by atoms with Crippen molar-refractivity contribution in [2.45, 2.75) is 156 Å². The van der Waals surface area contributed by atoms with Crippen molar-refractivity contribution in [2.75, 3.05) is 6.54 Å². The third kappa shape index (κ3) is 17.6. The van der Waals surface area contributed by atoms with Gasteiger partial charge in [0.1, 0.15) is 11.2 Å². The van der Waals surface area contributed by atoms with Crippen LogP contribution in [0.1, 0.15) is 154 Å². The normalized spacial score (nSPS) is 11.6. The van der Waals surface area contributed by atoms with Gasteiger partial charge in [-0.2, -0.15) is 0 Å². The van der Waals surface area contributed by atoms with E-state index < -0.39 is 34.9 Å². The van der Waals surface area contributed by atoms with Gasteiger partial charge in [0, 0.05) is 38.1 Å². The Morgan fingerprint density at radius 1 is 0.620 bits per heavy atom. The number of ether oxygens (including phenoxy) is 2. The van der Waals surface area contributed by atoms with Crippen LogP contribution >= 0.6 is 0 Å². The first-order valence-corrected chi connectivity index (χ1v) is 18.2. The predicted molar refractivity (Wildman–Crippen MR) is 191 cm³/mol. The average molecular weight is 701 g/mol. The highest BCUT2D eigenvalue weighted by Gasteiger charge is 2.23. The number of amides is 1. The van der Waals surface area contributed by atoms with Crippen molar-refractivity contribution in [1.29, 1.82) is 0 Å². The summed E-state index contributed by atoms with van der Waals surface area (Å²) in [4.78, 5) is 57.5. The molecule has 1 heterocycles. The largest absolute Gasteiger partial charge is 0.492 e. The van der Waals surface area contributed by atoms with Gasteiger partial charge in [0.25, 0.3) is 0 Å². The van der Waals surface area contributed by atoms with E-state index in [1.807, 2.05) is 20.8 Å². The molecular weight excluding hydrogens is 640 g/mol. The lowest BCUT2D eigenvalue weighted by molar-refractivity contribution is -0.156. The molecule has 0 fully saturated rings. The highest BCUT2D eigenvalue weighted by atomic mass is 16.7.